The molecule has 1 fully saturated rings. The Kier molecular flexibility index (Phi) is 12.1. The predicted octanol–water partition coefficient (Wildman–Crippen LogP) is 6.66. The molecule has 4 aromatic rings. The summed E-state index contributed by atoms with van der Waals surface area (Å²) in [4.78, 5) is 82.3. The summed E-state index contributed by atoms with van der Waals surface area (Å²) in [5.41, 5.74) is -1.21. The molecule has 8 rings (SSSR count). The first-order chi connectivity index (χ1) is 29.7. The van der Waals surface area contributed by atoms with E-state index in [1.54, 1.807) is 72.7 Å². The van der Waals surface area contributed by atoms with Gasteiger partial charge in [-0.2, -0.15) is 0 Å². The molecule has 13 nitrogen and oxygen atoms in total. The molecule has 2 amide bonds. The van der Waals surface area contributed by atoms with Gasteiger partial charge >= 0.3 is 23.9 Å². The maximum absolute atomic E-state index is 14.7. The van der Waals surface area contributed by atoms with Crippen LogP contribution in [0.5, 0.6) is 5.75 Å². The first kappa shape index (κ1) is 45.0. The largest absolute Gasteiger partial charge is 0.508 e. The second kappa shape index (κ2) is 16.9. The van der Waals surface area contributed by atoms with Gasteiger partial charge in [0.25, 0.3) is 0 Å². The summed E-state index contributed by atoms with van der Waals surface area (Å²) in [6.07, 6.45) is -1.44. The molecule has 0 aromatic heterocycles. The van der Waals surface area contributed by atoms with Crippen LogP contribution in [0, 0.1) is 28.6 Å². The number of ether oxygens (including phenoxy) is 4. The van der Waals surface area contributed by atoms with Gasteiger partial charge in [-0.25, -0.2) is 4.79 Å². The van der Waals surface area contributed by atoms with Gasteiger partial charge in [0.15, 0.2) is 0 Å². The van der Waals surface area contributed by atoms with E-state index >= 15 is 0 Å². The second-order valence-corrected chi connectivity index (χ2v) is 18.9. The predicted molar refractivity (Wildman–Crippen MR) is 230 cm³/mol. The minimum absolute atomic E-state index is 0.0855. The van der Waals surface area contributed by atoms with E-state index in [2.05, 4.69) is 5.32 Å². The number of phenols is 1. The number of aliphatic hydroxyl groups is 1. The number of benzene rings is 4. The summed E-state index contributed by atoms with van der Waals surface area (Å²) in [7, 11) is 0. The Bertz CT molecular complexity index is 2440. The van der Waals surface area contributed by atoms with Crippen molar-refractivity contribution in [1.29, 1.82) is 0 Å². The Hall–Kier alpha value is -6.08. The normalized spacial score (nSPS) is 22.6. The molecule has 4 aromatic carbocycles. The lowest BCUT2D eigenvalue weighted by molar-refractivity contribution is -0.170. The number of hydrogen-bond acceptors (Lipinski definition) is 12. The number of aromatic hydroxyl groups is 1. The van der Waals surface area contributed by atoms with Gasteiger partial charge in [0.2, 0.25) is 11.8 Å². The van der Waals surface area contributed by atoms with Crippen molar-refractivity contribution < 1.29 is 57.9 Å². The highest BCUT2D eigenvalue weighted by Gasteiger charge is 2.66. The van der Waals surface area contributed by atoms with Crippen LogP contribution in [0.2, 0.25) is 0 Å². The van der Waals surface area contributed by atoms with E-state index < -0.39 is 88.7 Å². The van der Waals surface area contributed by atoms with Crippen molar-refractivity contribution in [3.63, 3.8) is 0 Å². The molecule has 13 heteroatoms. The summed E-state index contributed by atoms with van der Waals surface area (Å²) >= 11 is 0. The third-order valence-electron chi connectivity index (χ3n) is 13.0. The van der Waals surface area contributed by atoms with Crippen LogP contribution in [0.1, 0.15) is 106 Å². The Balaban J connectivity index is 1.10. The van der Waals surface area contributed by atoms with Crippen LogP contribution in [-0.4, -0.2) is 77.4 Å². The molecule has 0 spiro atoms. The lowest BCUT2D eigenvalue weighted by atomic mass is 9.47. The number of esters is 4. The summed E-state index contributed by atoms with van der Waals surface area (Å²) in [5, 5.41) is 24.6. The Morgan fingerprint density at radius 3 is 1.98 bits per heavy atom. The minimum Gasteiger partial charge on any atom is -0.508 e. The van der Waals surface area contributed by atoms with Crippen LogP contribution in [0.4, 0.5) is 0 Å². The number of hydrogen-bond donors (Lipinski definition) is 3. The van der Waals surface area contributed by atoms with E-state index in [9.17, 15) is 39.0 Å². The minimum atomic E-state index is -1.51. The third kappa shape index (κ3) is 8.42. The number of imide groups is 1. The molecule has 2 bridgehead atoms. The molecule has 3 N–H and O–H groups in total. The van der Waals surface area contributed by atoms with Gasteiger partial charge in [-0.1, -0.05) is 74.5 Å². The standard InChI is InChI=1S/C50H55NO12/c1-8-48(6,45(58)62-27-50-36-15-11-9-13-34(36)38(35-14-10-12-16-37(35)50)39-40(50)42(55)51-41(39)54)26-49(7,23-28(2)43(56)63-47(3,4)5)46(59)61-25-33(53)24-60-44(57)31-18-17-30-22-32(52)20-19-29(30)21-31/h9-22,28,33,38-40,52-53H,8,23-27H2,1-7H3,(H,51,54,55). The topological polar surface area (TPSA) is 192 Å². The van der Waals surface area contributed by atoms with Crippen molar-refractivity contribution in [3.05, 3.63) is 113 Å². The molecule has 4 aliphatic rings. The molecule has 63 heavy (non-hydrogen) atoms. The molecule has 0 saturated carbocycles. The quantitative estimate of drug-likeness (QED) is 0.0655. The highest BCUT2D eigenvalue weighted by molar-refractivity contribution is 6.08. The summed E-state index contributed by atoms with van der Waals surface area (Å²) in [6, 6.07) is 24.8. The highest BCUT2D eigenvalue weighted by Crippen LogP contribution is 2.63. The molecule has 1 aliphatic heterocycles. The first-order valence-electron chi connectivity index (χ1n) is 21.4. The smallest absolute Gasteiger partial charge is 0.338 e. The molecule has 1 saturated heterocycles. The van der Waals surface area contributed by atoms with Crippen LogP contribution < -0.4 is 5.32 Å². The van der Waals surface area contributed by atoms with Crippen LogP contribution in [0.3, 0.4) is 0 Å². The summed E-state index contributed by atoms with van der Waals surface area (Å²) < 4.78 is 23.0. The number of rotatable bonds is 15. The van der Waals surface area contributed by atoms with Crippen LogP contribution in [0.15, 0.2) is 84.9 Å². The average molecular weight is 862 g/mol. The number of phenolic OH excluding ortho intramolecular Hbond substituents is 1. The zero-order valence-electron chi connectivity index (χ0n) is 36.7. The van der Waals surface area contributed by atoms with Gasteiger partial charge in [0, 0.05) is 5.92 Å². The zero-order chi connectivity index (χ0) is 45.6. The Labute approximate surface area is 366 Å². The number of nitrogens with one attached hydrogen (secondary N) is 1. The van der Waals surface area contributed by atoms with Crippen LogP contribution in [0.25, 0.3) is 10.8 Å². The lowest BCUT2D eigenvalue weighted by Crippen LogP contribution is -2.56. The monoisotopic (exact) mass is 861 g/mol. The van der Waals surface area contributed by atoms with Crippen molar-refractivity contribution in [1.82, 2.24) is 5.32 Å². The Morgan fingerprint density at radius 2 is 1.35 bits per heavy atom. The number of aliphatic hydroxyl groups excluding tert-OH is 1. The average Bonchev–Trinajstić information content (AvgIpc) is 3.56. The van der Waals surface area contributed by atoms with Crippen molar-refractivity contribution in [3.8, 4) is 5.75 Å². The van der Waals surface area contributed by atoms with Gasteiger partial charge in [-0.05, 0) is 111 Å². The van der Waals surface area contributed by atoms with E-state index in [0.717, 1.165) is 27.6 Å². The fourth-order valence-corrected chi connectivity index (χ4v) is 10.1. The van der Waals surface area contributed by atoms with E-state index in [-0.39, 0.29) is 49.0 Å². The number of carbonyl (C=O) groups excluding carboxylic acids is 6. The molecule has 332 valence electrons. The third-order valence-corrected chi connectivity index (χ3v) is 13.0. The maximum Gasteiger partial charge on any atom is 0.338 e. The summed E-state index contributed by atoms with van der Waals surface area (Å²) in [6.45, 7) is 10.6. The zero-order valence-corrected chi connectivity index (χ0v) is 36.7. The van der Waals surface area contributed by atoms with Crippen LogP contribution >= 0.6 is 0 Å². The molecule has 6 atom stereocenters. The Morgan fingerprint density at radius 1 is 0.762 bits per heavy atom. The van der Waals surface area contributed by atoms with Crippen molar-refractivity contribution in [2.45, 2.75) is 90.8 Å². The van der Waals surface area contributed by atoms with Crippen molar-refractivity contribution in [2.75, 3.05) is 19.8 Å². The van der Waals surface area contributed by atoms with Gasteiger partial charge in [-0.3, -0.25) is 29.3 Å². The number of fused-ring (bicyclic) bond motifs is 1. The van der Waals surface area contributed by atoms with Gasteiger partial charge in [-0.15, -0.1) is 0 Å². The van der Waals surface area contributed by atoms with E-state index in [1.165, 1.54) is 12.1 Å². The van der Waals surface area contributed by atoms with E-state index in [1.807, 2.05) is 48.5 Å². The van der Waals surface area contributed by atoms with Crippen LogP contribution in [-0.2, 0) is 48.3 Å². The molecule has 0 radical (unpaired) electrons. The van der Waals surface area contributed by atoms with Gasteiger partial charge in [0.05, 0.1) is 39.6 Å². The van der Waals surface area contributed by atoms with E-state index in [0.29, 0.717) is 5.39 Å². The molecular formula is C50H55NO12. The fourth-order valence-electron chi connectivity index (χ4n) is 10.1. The maximum atomic E-state index is 14.7. The van der Waals surface area contributed by atoms with Gasteiger partial charge in [0.1, 0.15) is 37.3 Å². The highest BCUT2D eigenvalue weighted by atomic mass is 16.6. The molecule has 6 unspecified atom stereocenters. The van der Waals surface area contributed by atoms with Gasteiger partial charge < -0.3 is 29.2 Å². The SMILES string of the molecule is CCC(C)(CC(C)(CC(C)C(=O)OC(C)(C)C)C(=O)OCC(O)COC(=O)c1ccc2cc(O)ccc2c1)C(=O)OCC12c3ccccc3C(c3ccccc31)C1C(=O)NC(=O)C12. The first-order valence-corrected chi connectivity index (χ1v) is 21.4. The molecule has 1 heterocycles. The fraction of sp³-hybridized carbons (Fsp3) is 0.440. The van der Waals surface area contributed by atoms with E-state index in [4.69, 9.17) is 18.9 Å². The summed E-state index contributed by atoms with van der Waals surface area (Å²) in [5.74, 6) is -6.12. The number of carbonyl (C=O) groups is 6. The lowest BCUT2D eigenvalue weighted by Gasteiger charge is -2.54. The van der Waals surface area contributed by atoms with Crippen molar-refractivity contribution in [2.24, 2.45) is 28.6 Å². The molecular weight excluding hydrogens is 807 g/mol. The number of amides is 2. The molecule has 3 aliphatic carbocycles. The second-order valence-electron chi connectivity index (χ2n) is 18.9. The van der Waals surface area contributed by atoms with Crippen molar-refractivity contribution >= 4 is 46.5 Å².